The van der Waals surface area contributed by atoms with Crippen LogP contribution in [0.15, 0.2) is 12.4 Å². The van der Waals surface area contributed by atoms with Gasteiger partial charge in [0.15, 0.2) is 0 Å². The Morgan fingerprint density at radius 3 is 3.00 bits per heavy atom. The molecule has 2 aliphatic rings. The van der Waals surface area contributed by atoms with E-state index in [0.29, 0.717) is 13.2 Å². The van der Waals surface area contributed by atoms with Crippen molar-refractivity contribution in [3.8, 4) is 0 Å². The summed E-state index contributed by atoms with van der Waals surface area (Å²) in [5, 5.41) is 3.24. The number of ether oxygens (including phenoxy) is 1. The summed E-state index contributed by atoms with van der Waals surface area (Å²) in [6.45, 7) is 5.52. The highest BCUT2D eigenvalue weighted by Crippen LogP contribution is 2.14. The summed E-state index contributed by atoms with van der Waals surface area (Å²) < 4.78 is 7.62. The molecule has 0 bridgehead atoms. The Bertz CT molecular complexity index is 454. The van der Waals surface area contributed by atoms with Crippen molar-refractivity contribution in [2.24, 2.45) is 0 Å². The van der Waals surface area contributed by atoms with E-state index in [0.717, 1.165) is 25.5 Å². The number of carbonyl (C=O) groups excluding carboxylic acids is 1. The van der Waals surface area contributed by atoms with Gasteiger partial charge in [0, 0.05) is 32.0 Å². The highest BCUT2D eigenvalue weighted by Gasteiger charge is 2.33. The second kappa shape index (κ2) is 7.26. The minimum absolute atomic E-state index is 0. The van der Waals surface area contributed by atoms with Gasteiger partial charge >= 0.3 is 0 Å². The Morgan fingerprint density at radius 1 is 1.45 bits per heavy atom. The average Bonchev–Trinajstić information content (AvgIpc) is 2.85. The summed E-state index contributed by atoms with van der Waals surface area (Å²) in [6.07, 6.45) is 3.68. The summed E-state index contributed by atoms with van der Waals surface area (Å²) >= 11 is 0. The van der Waals surface area contributed by atoms with E-state index in [9.17, 15) is 4.79 Å². The molecule has 1 N–H and O–H groups in total. The SMILES string of the molecule is C[C@H]1OCCN[C@@H]1C(=O)N1CCn2ccnc2C1.Cl.Cl. The molecule has 0 spiro atoms. The summed E-state index contributed by atoms with van der Waals surface area (Å²) in [7, 11) is 0. The molecular weight excluding hydrogens is 303 g/mol. The third-order valence-corrected chi connectivity index (χ3v) is 3.64. The van der Waals surface area contributed by atoms with Crippen molar-refractivity contribution in [2.75, 3.05) is 19.7 Å². The lowest BCUT2D eigenvalue weighted by molar-refractivity contribution is -0.141. The zero-order valence-corrected chi connectivity index (χ0v) is 13.0. The molecule has 0 saturated carbocycles. The van der Waals surface area contributed by atoms with E-state index in [-0.39, 0.29) is 42.9 Å². The fraction of sp³-hybridized carbons (Fsp3) is 0.667. The zero-order chi connectivity index (χ0) is 12.5. The largest absolute Gasteiger partial charge is 0.375 e. The molecule has 0 unspecified atom stereocenters. The third-order valence-electron chi connectivity index (χ3n) is 3.64. The van der Waals surface area contributed by atoms with E-state index >= 15 is 0 Å². The fourth-order valence-electron chi connectivity index (χ4n) is 2.57. The monoisotopic (exact) mass is 322 g/mol. The van der Waals surface area contributed by atoms with E-state index in [1.54, 1.807) is 6.20 Å². The first kappa shape index (κ1) is 17.2. The maximum absolute atomic E-state index is 12.4. The second-order valence-electron chi connectivity index (χ2n) is 4.80. The molecule has 2 aliphatic heterocycles. The lowest BCUT2D eigenvalue weighted by atomic mass is 10.1. The summed E-state index contributed by atoms with van der Waals surface area (Å²) in [5.74, 6) is 1.08. The van der Waals surface area contributed by atoms with Crippen molar-refractivity contribution in [1.29, 1.82) is 0 Å². The van der Waals surface area contributed by atoms with Gasteiger partial charge in [-0.2, -0.15) is 0 Å². The second-order valence-corrected chi connectivity index (χ2v) is 4.80. The normalized spacial score (nSPS) is 25.1. The summed E-state index contributed by atoms with van der Waals surface area (Å²) in [5.41, 5.74) is 0. The Kier molecular flexibility index (Phi) is 6.26. The van der Waals surface area contributed by atoms with Crippen molar-refractivity contribution < 1.29 is 9.53 Å². The smallest absolute Gasteiger partial charge is 0.242 e. The van der Waals surface area contributed by atoms with Crippen LogP contribution in [0.1, 0.15) is 12.7 Å². The van der Waals surface area contributed by atoms with E-state index in [1.165, 1.54) is 0 Å². The number of nitrogens with zero attached hydrogens (tertiary/aromatic N) is 3. The molecule has 2 atom stereocenters. The minimum Gasteiger partial charge on any atom is -0.375 e. The molecule has 1 aromatic rings. The fourth-order valence-corrected chi connectivity index (χ4v) is 2.57. The molecule has 1 saturated heterocycles. The van der Waals surface area contributed by atoms with Gasteiger partial charge in [-0.05, 0) is 6.92 Å². The van der Waals surface area contributed by atoms with Crippen molar-refractivity contribution in [3.05, 3.63) is 18.2 Å². The predicted molar refractivity (Wildman–Crippen MR) is 79.3 cm³/mol. The van der Waals surface area contributed by atoms with Crippen LogP contribution in [0.3, 0.4) is 0 Å². The lowest BCUT2D eigenvalue weighted by Crippen LogP contribution is -2.57. The van der Waals surface area contributed by atoms with Crippen LogP contribution in [0.2, 0.25) is 0 Å². The molecule has 0 aromatic carbocycles. The van der Waals surface area contributed by atoms with Gasteiger partial charge in [0.1, 0.15) is 11.9 Å². The summed E-state index contributed by atoms with van der Waals surface area (Å²) in [4.78, 5) is 18.6. The van der Waals surface area contributed by atoms with Gasteiger partial charge in [-0.25, -0.2) is 4.98 Å². The van der Waals surface area contributed by atoms with Crippen LogP contribution >= 0.6 is 24.8 Å². The molecule has 0 aliphatic carbocycles. The standard InChI is InChI=1S/C12H18N4O2.2ClH/c1-9-11(14-3-7-18-9)12(17)16-6-5-15-4-2-13-10(15)8-16;;/h2,4,9,11,14H,3,5-8H2,1H3;2*1H/t9-,11+;;/m1../s1. The molecule has 114 valence electrons. The topological polar surface area (TPSA) is 59.4 Å². The van der Waals surface area contributed by atoms with Gasteiger partial charge in [0.25, 0.3) is 0 Å². The van der Waals surface area contributed by atoms with Crippen molar-refractivity contribution in [1.82, 2.24) is 19.8 Å². The number of morpholine rings is 1. The zero-order valence-electron chi connectivity index (χ0n) is 11.3. The van der Waals surface area contributed by atoms with E-state index in [1.807, 2.05) is 18.0 Å². The number of halogens is 2. The van der Waals surface area contributed by atoms with Crippen LogP contribution < -0.4 is 5.32 Å². The number of fused-ring (bicyclic) bond motifs is 1. The highest BCUT2D eigenvalue weighted by molar-refractivity contribution is 5.85. The molecule has 1 aromatic heterocycles. The van der Waals surface area contributed by atoms with E-state index in [4.69, 9.17) is 4.74 Å². The molecular formula is C12H20Cl2N4O2. The molecule has 20 heavy (non-hydrogen) atoms. The molecule has 3 heterocycles. The van der Waals surface area contributed by atoms with Crippen LogP contribution in [-0.4, -0.2) is 52.2 Å². The van der Waals surface area contributed by atoms with Crippen LogP contribution in [-0.2, 0) is 22.6 Å². The maximum Gasteiger partial charge on any atom is 0.242 e. The van der Waals surface area contributed by atoms with Crippen molar-refractivity contribution >= 4 is 30.7 Å². The number of amides is 1. The first-order chi connectivity index (χ1) is 8.75. The van der Waals surface area contributed by atoms with Gasteiger partial charge in [0.05, 0.1) is 19.3 Å². The highest BCUT2D eigenvalue weighted by atomic mass is 35.5. The van der Waals surface area contributed by atoms with Gasteiger partial charge in [-0.15, -0.1) is 24.8 Å². The Morgan fingerprint density at radius 2 is 2.25 bits per heavy atom. The molecule has 1 amide bonds. The predicted octanol–water partition coefficient (Wildman–Crippen LogP) is 0.446. The number of imidazole rings is 1. The molecule has 1 fully saturated rings. The number of aromatic nitrogens is 2. The quantitative estimate of drug-likeness (QED) is 0.815. The van der Waals surface area contributed by atoms with Gasteiger partial charge < -0.3 is 19.5 Å². The number of hydrogen-bond donors (Lipinski definition) is 1. The van der Waals surface area contributed by atoms with E-state index < -0.39 is 0 Å². The minimum atomic E-state index is -0.222. The first-order valence-electron chi connectivity index (χ1n) is 6.39. The Balaban J connectivity index is 0.000001000. The van der Waals surface area contributed by atoms with Gasteiger partial charge in [0.2, 0.25) is 5.91 Å². The molecule has 8 heteroatoms. The van der Waals surface area contributed by atoms with E-state index in [2.05, 4.69) is 14.9 Å². The van der Waals surface area contributed by atoms with Gasteiger partial charge in [-0.1, -0.05) is 0 Å². The van der Waals surface area contributed by atoms with Crippen LogP contribution in [0.4, 0.5) is 0 Å². The van der Waals surface area contributed by atoms with Crippen LogP contribution in [0.25, 0.3) is 0 Å². The van der Waals surface area contributed by atoms with Crippen molar-refractivity contribution in [3.63, 3.8) is 0 Å². The lowest BCUT2D eigenvalue weighted by Gasteiger charge is -2.35. The van der Waals surface area contributed by atoms with Crippen LogP contribution in [0, 0.1) is 0 Å². The number of hydrogen-bond acceptors (Lipinski definition) is 4. The average molecular weight is 323 g/mol. The number of carbonyl (C=O) groups is 1. The van der Waals surface area contributed by atoms with Crippen LogP contribution in [0.5, 0.6) is 0 Å². The third kappa shape index (κ3) is 3.25. The molecule has 6 nitrogen and oxygen atoms in total. The van der Waals surface area contributed by atoms with Crippen molar-refractivity contribution in [2.45, 2.75) is 32.2 Å². The summed E-state index contributed by atoms with van der Waals surface area (Å²) in [6, 6.07) is -0.222. The number of nitrogens with one attached hydrogen (secondary N) is 1. The Hall–Kier alpha value is -0.820. The Labute approximate surface area is 130 Å². The molecule has 3 rings (SSSR count). The molecule has 0 radical (unpaired) electrons. The first-order valence-corrected chi connectivity index (χ1v) is 6.39. The van der Waals surface area contributed by atoms with Gasteiger partial charge in [-0.3, -0.25) is 4.79 Å². The number of rotatable bonds is 1. The maximum atomic E-state index is 12.4.